The van der Waals surface area contributed by atoms with Crippen LogP contribution in [0.4, 0.5) is 0 Å². The lowest BCUT2D eigenvalue weighted by molar-refractivity contribution is -0.135. The van der Waals surface area contributed by atoms with Gasteiger partial charge >= 0.3 is 0 Å². The second-order valence-electron chi connectivity index (χ2n) is 11.3. The maximum Gasteiger partial charge on any atom is 0.248 e. The van der Waals surface area contributed by atoms with Gasteiger partial charge in [-0.15, -0.1) is 0 Å². The molecule has 1 N–H and O–H groups in total. The van der Waals surface area contributed by atoms with E-state index in [1.54, 1.807) is 38.0 Å². The van der Waals surface area contributed by atoms with Crippen molar-refractivity contribution in [2.75, 3.05) is 54.1 Å². The van der Waals surface area contributed by atoms with Gasteiger partial charge < -0.3 is 19.7 Å². The van der Waals surface area contributed by atoms with Gasteiger partial charge in [0, 0.05) is 32.7 Å². The molecular weight excluding hydrogens is 478 g/mol. The molecule has 0 bridgehead atoms. The molecule has 0 spiro atoms. The Hall–Kier alpha value is -1.68. The summed E-state index contributed by atoms with van der Waals surface area (Å²) in [6.07, 6.45) is 4.67. The van der Waals surface area contributed by atoms with Crippen LogP contribution >= 0.6 is 0 Å². The molecule has 8 nitrogen and oxygen atoms in total. The summed E-state index contributed by atoms with van der Waals surface area (Å²) in [6, 6.07) is 3.43. The topological polar surface area (TPSA) is 88.2 Å². The van der Waals surface area contributed by atoms with Crippen LogP contribution in [0.2, 0.25) is 0 Å². The van der Waals surface area contributed by atoms with Gasteiger partial charge in [-0.3, -0.25) is 4.79 Å². The van der Waals surface area contributed by atoms with Crippen LogP contribution in [0.25, 0.3) is 0 Å². The van der Waals surface area contributed by atoms with Crippen molar-refractivity contribution in [2.24, 2.45) is 11.8 Å². The molecule has 0 atom stereocenters. The molecule has 0 aliphatic heterocycles. The zero-order chi connectivity index (χ0) is 27.1. The second-order valence-corrected chi connectivity index (χ2v) is 13.2. The molecule has 0 heterocycles. The van der Waals surface area contributed by atoms with E-state index in [1.807, 2.05) is 7.05 Å². The number of rotatable bonds is 12. The van der Waals surface area contributed by atoms with Crippen LogP contribution in [-0.2, 0) is 19.6 Å². The lowest BCUT2D eigenvalue weighted by atomic mass is 9.81. The van der Waals surface area contributed by atoms with Crippen LogP contribution in [0.1, 0.15) is 57.6 Å². The molecule has 206 valence electrons. The predicted molar refractivity (Wildman–Crippen MR) is 144 cm³/mol. The first-order valence-electron chi connectivity index (χ1n) is 12.9. The highest BCUT2D eigenvalue weighted by Gasteiger charge is 2.26. The SMILES string of the molecule is COc1cc(C)c(S(=O)(=O)N(C)CCOCC(=O)N(C)C[C@H]2CC[C@H](CNC(C)(C)C)CC2)c(C)c1. The van der Waals surface area contributed by atoms with Crippen LogP contribution in [0.15, 0.2) is 17.0 Å². The summed E-state index contributed by atoms with van der Waals surface area (Å²) in [5.41, 5.74) is 1.42. The van der Waals surface area contributed by atoms with Gasteiger partial charge in [-0.1, -0.05) is 0 Å². The monoisotopic (exact) mass is 525 g/mol. The highest BCUT2D eigenvalue weighted by atomic mass is 32.2. The maximum atomic E-state index is 13.1. The molecule has 1 fully saturated rings. The van der Waals surface area contributed by atoms with Gasteiger partial charge in [0.05, 0.1) is 18.6 Å². The normalized spacial score (nSPS) is 18.9. The second kappa shape index (κ2) is 13.2. The van der Waals surface area contributed by atoms with Crippen molar-refractivity contribution in [3.8, 4) is 5.75 Å². The van der Waals surface area contributed by atoms with Gasteiger partial charge in [-0.25, -0.2) is 8.42 Å². The molecular formula is C27H47N3O5S. The van der Waals surface area contributed by atoms with Gasteiger partial charge in [0.25, 0.3) is 0 Å². The van der Waals surface area contributed by atoms with Crippen LogP contribution in [0, 0.1) is 25.7 Å². The van der Waals surface area contributed by atoms with E-state index in [0.717, 1.165) is 25.9 Å². The molecule has 0 radical (unpaired) electrons. The smallest absolute Gasteiger partial charge is 0.248 e. The van der Waals surface area contributed by atoms with Crippen molar-refractivity contribution in [2.45, 2.75) is 70.7 Å². The van der Waals surface area contributed by atoms with Crippen molar-refractivity contribution in [3.05, 3.63) is 23.3 Å². The number of nitrogens with zero attached hydrogens (tertiary/aromatic N) is 2. The van der Waals surface area contributed by atoms with Gasteiger partial charge in [-0.2, -0.15) is 4.31 Å². The van der Waals surface area contributed by atoms with E-state index in [-0.39, 0.29) is 36.1 Å². The number of hydrogen-bond acceptors (Lipinski definition) is 6. The molecule has 1 aromatic carbocycles. The summed E-state index contributed by atoms with van der Waals surface area (Å²) >= 11 is 0. The van der Waals surface area contributed by atoms with E-state index in [9.17, 15) is 13.2 Å². The Morgan fingerprint density at radius 1 is 1.06 bits per heavy atom. The minimum absolute atomic E-state index is 0.0458. The van der Waals surface area contributed by atoms with Crippen molar-refractivity contribution >= 4 is 15.9 Å². The first kappa shape index (κ1) is 30.5. The number of amides is 1. The number of likely N-dealkylation sites (N-methyl/N-ethyl adjacent to an activating group) is 2. The average Bonchev–Trinajstić information content (AvgIpc) is 2.79. The fourth-order valence-corrected chi connectivity index (χ4v) is 6.29. The summed E-state index contributed by atoms with van der Waals surface area (Å²) in [7, 11) is 1.23. The van der Waals surface area contributed by atoms with Crippen LogP contribution in [-0.4, -0.2) is 83.1 Å². The van der Waals surface area contributed by atoms with Gasteiger partial charge in [0.1, 0.15) is 12.4 Å². The number of sulfonamides is 1. The standard InChI is InChI=1S/C27H47N3O5S/c1-20-15-24(34-8)16-21(2)26(20)36(32,33)30(7)13-14-35-19-25(31)29(6)18-23-11-9-22(10-12-23)17-28-27(3,4)5/h15-16,22-23,28H,9-14,17-19H2,1-8H3/t22-,23-. The number of carbonyl (C=O) groups excluding carboxylic acids is 1. The third kappa shape index (κ3) is 9.01. The number of nitrogens with one attached hydrogen (secondary N) is 1. The molecule has 36 heavy (non-hydrogen) atoms. The van der Waals surface area contributed by atoms with Crippen molar-refractivity contribution in [1.29, 1.82) is 0 Å². The van der Waals surface area contributed by atoms with Crippen LogP contribution < -0.4 is 10.1 Å². The van der Waals surface area contributed by atoms with Gasteiger partial charge in [0.15, 0.2) is 0 Å². The molecule has 1 aliphatic carbocycles. The van der Waals surface area contributed by atoms with Crippen LogP contribution in [0.5, 0.6) is 5.75 Å². The third-order valence-corrected chi connectivity index (χ3v) is 9.12. The quantitative estimate of drug-likeness (QED) is 0.420. The maximum absolute atomic E-state index is 13.1. The molecule has 0 aromatic heterocycles. The molecule has 0 unspecified atom stereocenters. The molecule has 0 saturated heterocycles. The van der Waals surface area contributed by atoms with E-state index >= 15 is 0 Å². The van der Waals surface area contributed by atoms with E-state index in [0.29, 0.717) is 28.7 Å². The zero-order valence-corrected chi connectivity index (χ0v) is 24.3. The Morgan fingerprint density at radius 3 is 2.14 bits per heavy atom. The highest BCUT2D eigenvalue weighted by Crippen LogP contribution is 2.29. The number of methoxy groups -OCH3 is 1. The molecule has 1 saturated carbocycles. The van der Waals surface area contributed by atoms with E-state index in [4.69, 9.17) is 9.47 Å². The number of hydrogen-bond donors (Lipinski definition) is 1. The fourth-order valence-electron chi connectivity index (χ4n) is 4.73. The highest BCUT2D eigenvalue weighted by molar-refractivity contribution is 7.89. The average molecular weight is 526 g/mol. The molecule has 2 rings (SSSR count). The minimum atomic E-state index is -3.68. The van der Waals surface area contributed by atoms with Gasteiger partial charge in [0.2, 0.25) is 15.9 Å². The molecule has 1 amide bonds. The number of benzene rings is 1. The summed E-state index contributed by atoms with van der Waals surface area (Å²) in [5, 5.41) is 3.60. The Bertz CT molecular complexity index is 943. The first-order chi connectivity index (χ1) is 16.7. The number of ether oxygens (including phenoxy) is 2. The Kier molecular flexibility index (Phi) is 11.2. The predicted octanol–water partition coefficient (Wildman–Crippen LogP) is 3.60. The zero-order valence-electron chi connectivity index (χ0n) is 23.5. The Morgan fingerprint density at radius 2 is 1.61 bits per heavy atom. The number of carbonyl (C=O) groups is 1. The van der Waals surface area contributed by atoms with Crippen molar-refractivity contribution in [1.82, 2.24) is 14.5 Å². The summed E-state index contributed by atoms with van der Waals surface area (Å²) in [6.45, 7) is 12.2. The van der Waals surface area contributed by atoms with Crippen molar-refractivity contribution < 1.29 is 22.7 Å². The lowest BCUT2D eigenvalue weighted by Crippen LogP contribution is -2.41. The summed E-state index contributed by atoms with van der Waals surface area (Å²) < 4.78 is 38.3. The lowest BCUT2D eigenvalue weighted by Gasteiger charge is -2.33. The largest absolute Gasteiger partial charge is 0.497 e. The number of aryl methyl sites for hydroxylation is 2. The van der Waals surface area contributed by atoms with Crippen molar-refractivity contribution in [3.63, 3.8) is 0 Å². The van der Waals surface area contributed by atoms with Gasteiger partial charge in [-0.05, 0) is 102 Å². The molecule has 9 heteroatoms. The fraction of sp³-hybridized carbons (Fsp3) is 0.741. The summed E-state index contributed by atoms with van der Waals surface area (Å²) in [5.74, 6) is 1.79. The van der Waals surface area contributed by atoms with E-state index in [1.165, 1.54) is 24.2 Å². The van der Waals surface area contributed by atoms with Crippen LogP contribution in [0.3, 0.4) is 0 Å². The summed E-state index contributed by atoms with van der Waals surface area (Å²) in [4.78, 5) is 14.6. The van der Waals surface area contributed by atoms with E-state index in [2.05, 4.69) is 26.1 Å². The molecule has 1 aromatic rings. The third-order valence-electron chi connectivity index (χ3n) is 6.96. The van der Waals surface area contributed by atoms with E-state index < -0.39 is 10.0 Å². The minimum Gasteiger partial charge on any atom is -0.497 e. The Balaban J connectivity index is 1.74. The molecule has 1 aliphatic rings. The first-order valence-corrected chi connectivity index (χ1v) is 14.4. The Labute approximate surface area is 218 Å².